The Hall–Kier alpha value is -1.31. The van der Waals surface area contributed by atoms with Crippen molar-refractivity contribution in [1.29, 1.82) is 0 Å². The first-order valence-corrected chi connectivity index (χ1v) is 9.73. The summed E-state index contributed by atoms with van der Waals surface area (Å²) in [6.07, 6.45) is 5.09. The topological polar surface area (TPSA) is 66.9 Å². The van der Waals surface area contributed by atoms with Gasteiger partial charge in [0.15, 0.2) is 5.13 Å². The van der Waals surface area contributed by atoms with Crippen molar-refractivity contribution in [3.8, 4) is 0 Å². The first-order chi connectivity index (χ1) is 11.1. The van der Waals surface area contributed by atoms with E-state index in [2.05, 4.69) is 34.4 Å². The average molecular weight is 351 g/mol. The summed E-state index contributed by atoms with van der Waals surface area (Å²) in [6.45, 7) is 6.42. The molecule has 2 aromatic heterocycles. The summed E-state index contributed by atoms with van der Waals surface area (Å²) in [5, 5.41) is 9.76. The molecule has 0 atom stereocenters. The van der Waals surface area contributed by atoms with E-state index in [0.29, 0.717) is 22.7 Å². The monoisotopic (exact) mass is 350 g/mol. The maximum absolute atomic E-state index is 12.3. The van der Waals surface area contributed by atoms with Crippen LogP contribution in [0.5, 0.6) is 0 Å². The van der Waals surface area contributed by atoms with Gasteiger partial charge in [0.2, 0.25) is 0 Å². The van der Waals surface area contributed by atoms with Crippen molar-refractivity contribution in [2.24, 2.45) is 5.92 Å². The van der Waals surface area contributed by atoms with Crippen LogP contribution in [0.3, 0.4) is 0 Å². The number of rotatable bonds is 5. The lowest BCUT2D eigenvalue weighted by molar-refractivity contribution is 0.102. The lowest BCUT2D eigenvalue weighted by Gasteiger charge is -2.20. The normalized spacial score (nSPS) is 16.0. The number of aromatic nitrogens is 2. The maximum Gasteiger partial charge on any atom is 0.276 e. The van der Waals surface area contributed by atoms with E-state index < -0.39 is 0 Å². The van der Waals surface area contributed by atoms with Gasteiger partial charge in [-0.25, -0.2) is 9.97 Å². The number of hydrogen-bond donors (Lipinski definition) is 2. The first kappa shape index (κ1) is 16.5. The van der Waals surface area contributed by atoms with Crippen molar-refractivity contribution in [1.82, 2.24) is 15.3 Å². The second-order valence-corrected chi connectivity index (χ2v) is 8.28. The van der Waals surface area contributed by atoms with Crippen LogP contribution in [0.2, 0.25) is 0 Å². The summed E-state index contributed by atoms with van der Waals surface area (Å²) < 4.78 is 0. The van der Waals surface area contributed by atoms with Crippen LogP contribution in [0.1, 0.15) is 53.0 Å². The van der Waals surface area contributed by atoms with Crippen LogP contribution in [-0.2, 0) is 6.42 Å². The Morgan fingerprint density at radius 3 is 2.96 bits per heavy atom. The van der Waals surface area contributed by atoms with Crippen molar-refractivity contribution < 1.29 is 4.79 Å². The predicted molar refractivity (Wildman–Crippen MR) is 95.6 cm³/mol. The highest BCUT2D eigenvalue weighted by molar-refractivity contribution is 7.15. The molecule has 0 saturated carbocycles. The zero-order chi connectivity index (χ0) is 16.2. The molecule has 1 saturated heterocycles. The van der Waals surface area contributed by atoms with Crippen LogP contribution in [0.15, 0.2) is 11.6 Å². The van der Waals surface area contributed by atoms with E-state index in [9.17, 15) is 4.79 Å². The van der Waals surface area contributed by atoms with Gasteiger partial charge in [-0.1, -0.05) is 13.8 Å². The molecule has 0 radical (unpaired) electrons. The van der Waals surface area contributed by atoms with E-state index in [1.807, 2.05) is 11.6 Å². The summed E-state index contributed by atoms with van der Waals surface area (Å²) in [5.41, 5.74) is 0.490. The molecule has 2 aromatic rings. The minimum atomic E-state index is -0.164. The molecule has 0 bridgehead atoms. The molecule has 23 heavy (non-hydrogen) atoms. The highest BCUT2D eigenvalue weighted by Gasteiger charge is 2.19. The number of hydrogen-bond acceptors (Lipinski definition) is 6. The molecule has 0 aromatic carbocycles. The third-order valence-electron chi connectivity index (χ3n) is 3.85. The molecule has 2 N–H and O–H groups in total. The van der Waals surface area contributed by atoms with E-state index in [1.54, 1.807) is 22.7 Å². The van der Waals surface area contributed by atoms with E-state index in [1.165, 1.54) is 4.88 Å². The van der Waals surface area contributed by atoms with Crippen molar-refractivity contribution in [2.75, 3.05) is 18.4 Å². The molecule has 3 heterocycles. The van der Waals surface area contributed by atoms with Gasteiger partial charge in [0.05, 0.1) is 5.01 Å². The molecule has 3 rings (SSSR count). The van der Waals surface area contributed by atoms with Crippen molar-refractivity contribution in [3.05, 3.63) is 27.2 Å². The smallest absolute Gasteiger partial charge is 0.276 e. The number of piperidine rings is 1. The summed E-state index contributed by atoms with van der Waals surface area (Å²) >= 11 is 3.13. The SMILES string of the molecule is CC(C)Cc1nc(C(=O)Nc2ncc(C3CCNCC3)s2)cs1. The minimum Gasteiger partial charge on any atom is -0.317 e. The third kappa shape index (κ3) is 4.37. The summed E-state index contributed by atoms with van der Waals surface area (Å²) in [6, 6.07) is 0. The number of amides is 1. The summed E-state index contributed by atoms with van der Waals surface area (Å²) in [4.78, 5) is 22.3. The van der Waals surface area contributed by atoms with Gasteiger partial charge >= 0.3 is 0 Å². The number of carbonyl (C=O) groups excluding carboxylic acids is 1. The van der Waals surface area contributed by atoms with Crippen molar-refractivity contribution in [2.45, 2.75) is 39.0 Å². The van der Waals surface area contributed by atoms with Gasteiger partial charge in [0.25, 0.3) is 5.91 Å². The highest BCUT2D eigenvalue weighted by Crippen LogP contribution is 2.31. The molecule has 5 nitrogen and oxygen atoms in total. The Morgan fingerprint density at radius 2 is 2.22 bits per heavy atom. The molecule has 1 amide bonds. The van der Waals surface area contributed by atoms with E-state index in [-0.39, 0.29) is 5.91 Å². The van der Waals surface area contributed by atoms with Crippen LogP contribution in [0.4, 0.5) is 5.13 Å². The maximum atomic E-state index is 12.3. The van der Waals surface area contributed by atoms with Crippen LogP contribution >= 0.6 is 22.7 Å². The van der Waals surface area contributed by atoms with Gasteiger partial charge < -0.3 is 5.32 Å². The highest BCUT2D eigenvalue weighted by atomic mass is 32.1. The molecule has 7 heteroatoms. The molecule has 1 aliphatic rings. The van der Waals surface area contributed by atoms with E-state index >= 15 is 0 Å². The second-order valence-electron chi connectivity index (χ2n) is 6.27. The number of anilines is 1. The lowest BCUT2D eigenvalue weighted by Crippen LogP contribution is -2.26. The van der Waals surface area contributed by atoms with Crippen LogP contribution in [0, 0.1) is 5.92 Å². The quantitative estimate of drug-likeness (QED) is 0.866. The summed E-state index contributed by atoms with van der Waals surface area (Å²) in [7, 11) is 0. The average Bonchev–Trinajstić information content (AvgIpc) is 3.17. The molecule has 0 spiro atoms. The zero-order valence-electron chi connectivity index (χ0n) is 13.5. The zero-order valence-corrected chi connectivity index (χ0v) is 15.1. The Balaban J connectivity index is 1.61. The van der Waals surface area contributed by atoms with Gasteiger partial charge in [0, 0.05) is 22.9 Å². The molecular weight excluding hydrogens is 328 g/mol. The van der Waals surface area contributed by atoms with E-state index in [0.717, 1.165) is 37.4 Å². The van der Waals surface area contributed by atoms with Gasteiger partial charge in [-0.3, -0.25) is 10.1 Å². The van der Waals surface area contributed by atoms with Crippen LogP contribution < -0.4 is 10.6 Å². The molecule has 0 aliphatic carbocycles. The van der Waals surface area contributed by atoms with Gasteiger partial charge in [0.1, 0.15) is 5.69 Å². The van der Waals surface area contributed by atoms with Crippen LogP contribution in [0.25, 0.3) is 0 Å². The number of nitrogens with zero attached hydrogens (tertiary/aromatic N) is 2. The molecule has 0 unspecified atom stereocenters. The van der Waals surface area contributed by atoms with Crippen molar-refractivity contribution >= 4 is 33.7 Å². The standard InChI is InChI=1S/C16H22N4OS2/c1-10(2)7-14-19-12(9-22-14)15(21)20-16-18-8-13(23-16)11-3-5-17-6-4-11/h8-11,17H,3-7H2,1-2H3,(H,18,20,21). The minimum absolute atomic E-state index is 0.164. The fraction of sp³-hybridized carbons (Fsp3) is 0.562. The van der Waals surface area contributed by atoms with Crippen molar-refractivity contribution in [3.63, 3.8) is 0 Å². The Labute approximate surface area is 144 Å². The Morgan fingerprint density at radius 1 is 1.43 bits per heavy atom. The number of carbonyl (C=O) groups is 1. The third-order valence-corrected chi connectivity index (χ3v) is 5.80. The van der Waals surface area contributed by atoms with Gasteiger partial charge in [-0.15, -0.1) is 22.7 Å². The van der Waals surface area contributed by atoms with Gasteiger partial charge in [-0.05, 0) is 37.8 Å². The second kappa shape index (κ2) is 7.51. The Bertz CT molecular complexity index is 659. The molecular formula is C16H22N4OS2. The van der Waals surface area contributed by atoms with E-state index in [4.69, 9.17) is 0 Å². The van der Waals surface area contributed by atoms with Gasteiger partial charge in [-0.2, -0.15) is 0 Å². The fourth-order valence-corrected chi connectivity index (χ4v) is 4.63. The van der Waals surface area contributed by atoms with Crippen LogP contribution in [-0.4, -0.2) is 29.0 Å². The number of thiazole rings is 2. The first-order valence-electron chi connectivity index (χ1n) is 8.04. The molecule has 124 valence electrons. The lowest BCUT2D eigenvalue weighted by atomic mass is 9.97. The molecule has 1 fully saturated rings. The number of nitrogens with one attached hydrogen (secondary N) is 2. The Kier molecular flexibility index (Phi) is 5.40. The largest absolute Gasteiger partial charge is 0.317 e. The predicted octanol–water partition coefficient (Wildman–Crippen LogP) is 3.52. The fourth-order valence-electron chi connectivity index (χ4n) is 2.66. The molecule has 1 aliphatic heterocycles. The summed E-state index contributed by atoms with van der Waals surface area (Å²) in [5.74, 6) is 0.947.